The molecule has 4 rings (SSSR count). The van der Waals surface area contributed by atoms with Gasteiger partial charge in [-0.15, -0.1) is 11.3 Å². The average molecular weight is 415 g/mol. The number of nitrogens with zero attached hydrogens (tertiary/aromatic N) is 3. The molecule has 1 aromatic carbocycles. The van der Waals surface area contributed by atoms with Crippen LogP contribution in [0.1, 0.15) is 35.5 Å². The third-order valence-corrected chi connectivity index (χ3v) is 6.01. The number of halogens is 1. The number of carbonyl (C=O) groups is 1. The van der Waals surface area contributed by atoms with Crippen LogP contribution in [0, 0.1) is 18.7 Å². The van der Waals surface area contributed by atoms with Crippen molar-refractivity contribution in [3.63, 3.8) is 0 Å². The van der Waals surface area contributed by atoms with Gasteiger partial charge in [0.15, 0.2) is 10.8 Å². The lowest BCUT2D eigenvalue weighted by atomic mass is 9.91. The summed E-state index contributed by atoms with van der Waals surface area (Å²) in [4.78, 5) is 24.3. The second kappa shape index (κ2) is 8.04. The smallest absolute Gasteiger partial charge is 0.338 e. The lowest BCUT2D eigenvalue weighted by Gasteiger charge is -2.32. The Morgan fingerprint density at radius 1 is 1.45 bits per heavy atom. The van der Waals surface area contributed by atoms with E-state index in [9.17, 15) is 14.3 Å². The van der Waals surface area contributed by atoms with Crippen LogP contribution in [0.5, 0.6) is 0 Å². The molecule has 0 amide bonds. The maximum absolute atomic E-state index is 13.7. The summed E-state index contributed by atoms with van der Waals surface area (Å²) in [6.45, 7) is 4.39. The van der Waals surface area contributed by atoms with E-state index in [4.69, 9.17) is 9.73 Å². The van der Waals surface area contributed by atoms with E-state index in [0.29, 0.717) is 29.9 Å². The topological polar surface area (TPSA) is 75.0 Å². The minimum Gasteiger partial charge on any atom is -0.463 e. The fraction of sp³-hybridized carbons (Fsp3) is 0.381. The molecule has 2 aliphatic rings. The number of aliphatic hydroxyl groups is 1. The van der Waals surface area contributed by atoms with Gasteiger partial charge in [-0.25, -0.2) is 14.2 Å². The Bertz CT molecular complexity index is 987. The molecule has 2 atom stereocenters. The highest BCUT2D eigenvalue weighted by Crippen LogP contribution is 2.42. The van der Waals surface area contributed by atoms with E-state index < -0.39 is 12.0 Å². The van der Waals surface area contributed by atoms with Gasteiger partial charge >= 0.3 is 5.97 Å². The van der Waals surface area contributed by atoms with Crippen LogP contribution in [0.15, 0.2) is 46.0 Å². The van der Waals surface area contributed by atoms with Gasteiger partial charge in [0.2, 0.25) is 0 Å². The van der Waals surface area contributed by atoms with Gasteiger partial charge in [0, 0.05) is 36.3 Å². The molecule has 0 bridgehead atoms. The second-order valence-electron chi connectivity index (χ2n) is 7.14. The number of aromatic nitrogens is 1. The summed E-state index contributed by atoms with van der Waals surface area (Å²) in [5.41, 5.74) is 2.72. The number of aryl methyl sites for hydroxylation is 1. The molecule has 6 nitrogen and oxygen atoms in total. The highest BCUT2D eigenvalue weighted by molar-refractivity contribution is 7.11. The molecule has 8 heteroatoms. The first-order valence-electron chi connectivity index (χ1n) is 9.55. The largest absolute Gasteiger partial charge is 0.463 e. The average Bonchev–Trinajstić information content (AvgIpc) is 3.37. The summed E-state index contributed by atoms with van der Waals surface area (Å²) >= 11 is 1.47. The fourth-order valence-corrected chi connectivity index (χ4v) is 4.58. The van der Waals surface area contributed by atoms with Crippen molar-refractivity contribution in [1.82, 2.24) is 9.88 Å². The van der Waals surface area contributed by atoms with Crippen LogP contribution < -0.4 is 0 Å². The van der Waals surface area contributed by atoms with Gasteiger partial charge < -0.3 is 14.7 Å². The molecule has 1 fully saturated rings. The van der Waals surface area contributed by atoms with Crippen molar-refractivity contribution < 1.29 is 19.0 Å². The molecule has 0 saturated carbocycles. The third kappa shape index (κ3) is 3.58. The molecule has 152 valence electrons. The maximum Gasteiger partial charge on any atom is 0.338 e. The van der Waals surface area contributed by atoms with Gasteiger partial charge in [-0.05, 0) is 43.5 Å². The standard InChI is InChI=1S/C21H22FN3O3S/c1-3-28-21(27)17-16-9-13(11-26)10-25(16)19(20-23-6-7-29-20)24-18(17)15-5-4-14(22)8-12(15)2/h4-8,13,18,26H,3,9-11H2,1-2H3. The summed E-state index contributed by atoms with van der Waals surface area (Å²) in [6, 6.07) is 3.88. The summed E-state index contributed by atoms with van der Waals surface area (Å²) in [5, 5.41) is 12.4. The Kier molecular flexibility index (Phi) is 5.47. The summed E-state index contributed by atoms with van der Waals surface area (Å²) in [7, 11) is 0. The van der Waals surface area contributed by atoms with Crippen LogP contribution in [-0.2, 0) is 9.53 Å². The molecule has 29 heavy (non-hydrogen) atoms. The van der Waals surface area contributed by atoms with Crippen molar-refractivity contribution in [2.75, 3.05) is 19.8 Å². The van der Waals surface area contributed by atoms with Crippen LogP contribution in [0.4, 0.5) is 4.39 Å². The molecular weight excluding hydrogens is 393 g/mol. The van der Waals surface area contributed by atoms with Crippen molar-refractivity contribution in [1.29, 1.82) is 0 Å². The lowest BCUT2D eigenvalue weighted by Crippen LogP contribution is -2.35. The number of carbonyl (C=O) groups excluding carboxylic acids is 1. The Hall–Kier alpha value is -2.58. The number of allylic oxidation sites excluding steroid dienone is 1. The maximum atomic E-state index is 13.7. The number of aliphatic imine (C=N–C) groups is 1. The normalized spacial score (nSPS) is 21.2. The molecule has 2 aliphatic heterocycles. The molecule has 1 aromatic heterocycles. The highest BCUT2D eigenvalue weighted by atomic mass is 32.1. The molecular formula is C21H22FN3O3S. The first-order valence-corrected chi connectivity index (χ1v) is 10.4. The third-order valence-electron chi connectivity index (χ3n) is 5.24. The number of hydrogen-bond acceptors (Lipinski definition) is 7. The van der Waals surface area contributed by atoms with Crippen LogP contribution in [0.25, 0.3) is 0 Å². The van der Waals surface area contributed by atoms with Crippen LogP contribution in [0.3, 0.4) is 0 Å². The number of aliphatic hydroxyl groups excluding tert-OH is 1. The van der Waals surface area contributed by atoms with Crippen LogP contribution in [-0.4, -0.2) is 46.6 Å². The van der Waals surface area contributed by atoms with Gasteiger partial charge in [-0.2, -0.15) is 0 Å². The van der Waals surface area contributed by atoms with Crippen LogP contribution in [0.2, 0.25) is 0 Å². The van der Waals surface area contributed by atoms with E-state index in [1.807, 2.05) is 17.2 Å². The number of fused-ring (bicyclic) bond motifs is 1. The molecule has 0 spiro atoms. The summed E-state index contributed by atoms with van der Waals surface area (Å²) in [5.74, 6) is -0.0958. The van der Waals surface area contributed by atoms with Crippen molar-refractivity contribution >= 4 is 23.1 Å². The van der Waals surface area contributed by atoms with E-state index >= 15 is 0 Å². The predicted octanol–water partition coefficient (Wildman–Crippen LogP) is 3.22. The number of rotatable bonds is 5. The monoisotopic (exact) mass is 415 g/mol. The first-order chi connectivity index (χ1) is 14.0. The fourth-order valence-electron chi connectivity index (χ4n) is 3.94. The minimum absolute atomic E-state index is 0.00680. The van der Waals surface area contributed by atoms with Gasteiger partial charge in [0.25, 0.3) is 0 Å². The van der Waals surface area contributed by atoms with E-state index in [-0.39, 0.29) is 24.9 Å². The van der Waals surface area contributed by atoms with Crippen LogP contribution >= 0.6 is 11.3 Å². The molecule has 2 aromatic rings. The van der Waals surface area contributed by atoms with E-state index in [1.54, 1.807) is 19.2 Å². The zero-order valence-corrected chi connectivity index (χ0v) is 17.1. The molecule has 2 unspecified atom stereocenters. The Balaban J connectivity index is 1.91. The predicted molar refractivity (Wildman–Crippen MR) is 108 cm³/mol. The number of ether oxygens (including phenoxy) is 1. The van der Waals surface area contributed by atoms with Gasteiger partial charge in [-0.1, -0.05) is 6.07 Å². The quantitative estimate of drug-likeness (QED) is 0.759. The van der Waals surface area contributed by atoms with E-state index in [1.165, 1.54) is 23.5 Å². The summed E-state index contributed by atoms with van der Waals surface area (Å²) in [6.07, 6.45) is 2.26. The minimum atomic E-state index is -0.614. The molecule has 1 saturated heterocycles. The van der Waals surface area contributed by atoms with Crippen molar-refractivity contribution in [2.45, 2.75) is 26.3 Å². The highest BCUT2D eigenvalue weighted by Gasteiger charge is 2.42. The zero-order valence-electron chi connectivity index (χ0n) is 16.3. The van der Waals surface area contributed by atoms with Gasteiger partial charge in [0.1, 0.15) is 11.9 Å². The first kappa shape index (κ1) is 19.7. The molecule has 3 heterocycles. The van der Waals surface area contributed by atoms with Crippen molar-refractivity contribution in [3.05, 3.63) is 63.0 Å². The Morgan fingerprint density at radius 3 is 2.93 bits per heavy atom. The van der Waals surface area contributed by atoms with Gasteiger partial charge in [-0.3, -0.25) is 4.99 Å². The van der Waals surface area contributed by atoms with Crippen molar-refractivity contribution in [3.8, 4) is 0 Å². The van der Waals surface area contributed by atoms with Crippen molar-refractivity contribution in [2.24, 2.45) is 10.9 Å². The summed E-state index contributed by atoms with van der Waals surface area (Å²) < 4.78 is 19.1. The number of benzene rings is 1. The molecule has 0 radical (unpaired) electrons. The zero-order chi connectivity index (χ0) is 20.5. The Morgan fingerprint density at radius 2 is 2.28 bits per heavy atom. The Labute approximate surface area is 172 Å². The second-order valence-corrected chi connectivity index (χ2v) is 8.03. The van der Waals surface area contributed by atoms with E-state index in [0.717, 1.165) is 16.3 Å². The SMILES string of the molecule is CCOC(=O)C1=C2CC(CO)CN2C(c2nccs2)=NC1c1ccc(F)cc1C. The number of thiazole rings is 1. The number of amidine groups is 1. The molecule has 0 aliphatic carbocycles. The number of hydrogen-bond donors (Lipinski definition) is 1. The van der Waals surface area contributed by atoms with E-state index in [2.05, 4.69) is 4.98 Å². The number of esters is 1. The van der Waals surface area contributed by atoms with Gasteiger partial charge in [0.05, 0.1) is 12.2 Å². The molecule has 1 N–H and O–H groups in total. The lowest BCUT2D eigenvalue weighted by molar-refractivity contribution is -0.139.